The average Bonchev–Trinajstić information content (AvgIpc) is 2.34. The summed E-state index contributed by atoms with van der Waals surface area (Å²) in [5, 5.41) is 0.155. The van der Waals surface area contributed by atoms with Crippen molar-refractivity contribution in [2.45, 2.75) is 26.3 Å². The van der Waals surface area contributed by atoms with Crippen LogP contribution in [-0.2, 0) is 0 Å². The van der Waals surface area contributed by atoms with Crippen molar-refractivity contribution in [2.75, 3.05) is 20.1 Å². The third-order valence-electron chi connectivity index (χ3n) is 3.38. The molecule has 18 heavy (non-hydrogen) atoms. The molecule has 0 radical (unpaired) electrons. The number of benzene rings is 1. The number of hydrogen-bond donors (Lipinski definition) is 1. The van der Waals surface area contributed by atoms with Gasteiger partial charge < -0.3 is 5.73 Å². The van der Waals surface area contributed by atoms with E-state index in [0.717, 1.165) is 18.5 Å². The van der Waals surface area contributed by atoms with Gasteiger partial charge in [-0.3, -0.25) is 4.90 Å². The first kappa shape index (κ1) is 15.4. The predicted octanol–water partition coefficient (Wildman–Crippen LogP) is 3.46. The molecule has 0 bridgehead atoms. The van der Waals surface area contributed by atoms with Gasteiger partial charge in [0.15, 0.2) is 0 Å². The van der Waals surface area contributed by atoms with Crippen LogP contribution in [0.15, 0.2) is 18.2 Å². The quantitative estimate of drug-likeness (QED) is 0.859. The van der Waals surface area contributed by atoms with Crippen LogP contribution in [0.3, 0.4) is 0 Å². The van der Waals surface area contributed by atoms with E-state index in [4.69, 9.17) is 17.3 Å². The van der Waals surface area contributed by atoms with Gasteiger partial charge >= 0.3 is 0 Å². The van der Waals surface area contributed by atoms with E-state index in [1.807, 2.05) is 7.05 Å². The first-order valence-corrected chi connectivity index (χ1v) is 6.72. The van der Waals surface area contributed by atoms with Crippen LogP contribution in [-0.4, -0.2) is 25.0 Å². The van der Waals surface area contributed by atoms with Crippen molar-refractivity contribution < 1.29 is 4.39 Å². The first-order chi connectivity index (χ1) is 8.49. The maximum atomic E-state index is 13.2. The van der Waals surface area contributed by atoms with Crippen molar-refractivity contribution in [1.82, 2.24) is 4.90 Å². The van der Waals surface area contributed by atoms with Gasteiger partial charge in [0.2, 0.25) is 0 Å². The molecule has 1 rings (SSSR count). The summed E-state index contributed by atoms with van der Waals surface area (Å²) in [6.45, 7) is 5.84. The highest BCUT2D eigenvalue weighted by Gasteiger charge is 2.18. The molecule has 2 unspecified atom stereocenters. The van der Waals surface area contributed by atoms with Crippen molar-refractivity contribution >= 4 is 11.6 Å². The van der Waals surface area contributed by atoms with Gasteiger partial charge in [0.1, 0.15) is 5.82 Å². The topological polar surface area (TPSA) is 29.3 Å². The fourth-order valence-corrected chi connectivity index (χ4v) is 2.23. The molecule has 0 fully saturated rings. The smallest absolute Gasteiger partial charge is 0.141 e. The Kier molecular flexibility index (Phi) is 6.06. The van der Waals surface area contributed by atoms with Crippen LogP contribution < -0.4 is 5.73 Å². The Hall–Kier alpha value is -0.640. The van der Waals surface area contributed by atoms with Crippen LogP contribution in [0.1, 0.15) is 31.9 Å². The zero-order chi connectivity index (χ0) is 13.7. The molecular formula is C14H22ClFN2. The number of likely N-dealkylation sites (N-methyl/N-ethyl adjacent to an activating group) is 1. The molecule has 2 nitrogen and oxygen atoms in total. The fraction of sp³-hybridized carbons (Fsp3) is 0.571. The van der Waals surface area contributed by atoms with Gasteiger partial charge in [-0.2, -0.15) is 0 Å². The molecule has 0 amide bonds. The highest BCUT2D eigenvalue weighted by Crippen LogP contribution is 2.24. The second-order valence-corrected chi connectivity index (χ2v) is 5.29. The minimum absolute atomic E-state index is 0.0806. The van der Waals surface area contributed by atoms with Crippen molar-refractivity contribution in [2.24, 2.45) is 11.7 Å². The summed E-state index contributed by atoms with van der Waals surface area (Å²) >= 11 is 5.82. The lowest BCUT2D eigenvalue weighted by atomic mass is 10.0. The second-order valence-electron chi connectivity index (χ2n) is 4.88. The lowest BCUT2D eigenvalue weighted by Crippen LogP contribution is -2.33. The van der Waals surface area contributed by atoms with Crippen molar-refractivity contribution in [3.05, 3.63) is 34.6 Å². The molecule has 2 N–H and O–H groups in total. The van der Waals surface area contributed by atoms with E-state index in [1.54, 1.807) is 12.1 Å². The normalized spacial score (nSPS) is 14.8. The highest BCUT2D eigenvalue weighted by molar-refractivity contribution is 6.30. The molecule has 0 aliphatic carbocycles. The number of hydrogen-bond acceptors (Lipinski definition) is 2. The number of rotatable bonds is 6. The average molecular weight is 273 g/mol. The van der Waals surface area contributed by atoms with Gasteiger partial charge in [-0.05, 0) is 30.7 Å². The van der Waals surface area contributed by atoms with Crippen molar-refractivity contribution in [3.8, 4) is 0 Å². The second kappa shape index (κ2) is 7.07. The minimum atomic E-state index is -0.388. The third kappa shape index (κ3) is 3.94. The maximum Gasteiger partial charge on any atom is 0.141 e. The van der Waals surface area contributed by atoms with Gasteiger partial charge in [-0.1, -0.05) is 37.9 Å². The zero-order valence-corrected chi connectivity index (χ0v) is 12.0. The van der Waals surface area contributed by atoms with Crippen molar-refractivity contribution in [1.29, 1.82) is 0 Å². The summed E-state index contributed by atoms with van der Waals surface area (Å²) in [5.41, 5.74) is 6.80. The van der Waals surface area contributed by atoms with Gasteiger partial charge in [0.25, 0.3) is 0 Å². The van der Waals surface area contributed by atoms with E-state index < -0.39 is 0 Å². The largest absolute Gasteiger partial charge is 0.329 e. The Bertz CT molecular complexity index is 384. The Morgan fingerprint density at radius 1 is 1.44 bits per heavy atom. The van der Waals surface area contributed by atoms with Crippen LogP contribution in [0, 0.1) is 11.7 Å². The summed E-state index contributed by atoms with van der Waals surface area (Å²) in [6.07, 6.45) is 1.13. The van der Waals surface area contributed by atoms with Gasteiger partial charge in [0.05, 0.1) is 5.02 Å². The Morgan fingerprint density at radius 2 is 2.11 bits per heavy atom. The van der Waals surface area contributed by atoms with Crippen LogP contribution in [0.4, 0.5) is 4.39 Å². The van der Waals surface area contributed by atoms with E-state index in [9.17, 15) is 4.39 Å². The molecule has 0 saturated carbocycles. The van der Waals surface area contributed by atoms with Gasteiger partial charge in [0, 0.05) is 19.1 Å². The highest BCUT2D eigenvalue weighted by atomic mass is 35.5. The summed E-state index contributed by atoms with van der Waals surface area (Å²) in [4.78, 5) is 2.21. The lowest BCUT2D eigenvalue weighted by molar-refractivity contribution is 0.215. The molecule has 0 heterocycles. The van der Waals surface area contributed by atoms with E-state index in [-0.39, 0.29) is 16.9 Å². The molecule has 1 aromatic carbocycles. The summed E-state index contributed by atoms with van der Waals surface area (Å²) in [5.74, 6) is 0.223. The van der Waals surface area contributed by atoms with Crippen LogP contribution in [0.5, 0.6) is 0 Å². The third-order valence-corrected chi connectivity index (χ3v) is 3.67. The van der Waals surface area contributed by atoms with Gasteiger partial charge in [-0.15, -0.1) is 0 Å². The van der Waals surface area contributed by atoms with E-state index in [1.165, 1.54) is 6.07 Å². The Labute approximate surface area is 114 Å². The fourth-order valence-electron chi connectivity index (χ4n) is 2.04. The molecular weight excluding hydrogens is 251 g/mol. The number of nitrogens with zero attached hydrogens (tertiary/aromatic N) is 1. The Balaban J connectivity index is 2.84. The molecule has 0 aliphatic rings. The molecule has 4 heteroatoms. The van der Waals surface area contributed by atoms with Crippen molar-refractivity contribution in [3.63, 3.8) is 0 Å². The summed E-state index contributed by atoms with van der Waals surface area (Å²) < 4.78 is 13.2. The molecule has 0 aliphatic heterocycles. The van der Waals surface area contributed by atoms with E-state index in [0.29, 0.717) is 12.5 Å². The van der Waals surface area contributed by atoms with Crippen LogP contribution in [0.2, 0.25) is 5.02 Å². The predicted molar refractivity (Wildman–Crippen MR) is 75.3 cm³/mol. The molecule has 2 atom stereocenters. The van der Waals surface area contributed by atoms with Gasteiger partial charge in [-0.25, -0.2) is 4.39 Å². The minimum Gasteiger partial charge on any atom is -0.329 e. The van der Waals surface area contributed by atoms with Crippen LogP contribution in [0.25, 0.3) is 0 Å². The molecule has 0 spiro atoms. The first-order valence-electron chi connectivity index (χ1n) is 6.34. The van der Waals surface area contributed by atoms with Crippen LogP contribution >= 0.6 is 11.6 Å². The summed E-state index contributed by atoms with van der Waals surface area (Å²) in [7, 11) is 2.04. The van der Waals surface area contributed by atoms with E-state index >= 15 is 0 Å². The van der Waals surface area contributed by atoms with E-state index in [2.05, 4.69) is 18.7 Å². The Morgan fingerprint density at radius 3 is 2.61 bits per heavy atom. The molecule has 102 valence electrons. The monoisotopic (exact) mass is 272 g/mol. The number of nitrogens with two attached hydrogens (primary N) is 1. The molecule has 0 aromatic heterocycles. The molecule has 1 aromatic rings. The SMILES string of the molecule is CCC(C)CN(C)C(CN)c1ccc(F)c(Cl)c1. The zero-order valence-electron chi connectivity index (χ0n) is 11.3. The number of halogens is 2. The maximum absolute atomic E-state index is 13.2. The molecule has 0 saturated heterocycles. The lowest BCUT2D eigenvalue weighted by Gasteiger charge is -2.29. The summed E-state index contributed by atoms with van der Waals surface area (Å²) in [6, 6.07) is 4.90. The standard InChI is InChI=1S/C14H22ClFN2/c1-4-10(2)9-18(3)14(8-17)11-5-6-13(16)12(15)7-11/h5-7,10,14H,4,8-9,17H2,1-3H3.